The fourth-order valence-corrected chi connectivity index (χ4v) is 9.04. The maximum Gasteiger partial charge on any atom is 0.101 e. The van der Waals surface area contributed by atoms with Crippen molar-refractivity contribution in [2.45, 2.75) is 76.0 Å². The molecule has 0 amide bonds. The van der Waals surface area contributed by atoms with Crippen molar-refractivity contribution in [2.75, 3.05) is 0 Å². The standard InChI is InChI=1S/C42H40N4S2/c1-39(2)41(5,6)47-37(45-39)27-15-19-35(43-23-27)25-13-17-31-32-18-14-26(22-34(32)30-12-10-9-11-29(30)33(31)21-25)36-20-16-28(24-44-36)38-46-40(3,4)42(7,8)48-38/h9-24H,1-8H3. The van der Waals surface area contributed by atoms with E-state index >= 15 is 0 Å². The summed E-state index contributed by atoms with van der Waals surface area (Å²) in [6.45, 7) is 17.9. The van der Waals surface area contributed by atoms with Crippen molar-refractivity contribution in [1.29, 1.82) is 0 Å². The summed E-state index contributed by atoms with van der Waals surface area (Å²) >= 11 is 3.68. The summed E-state index contributed by atoms with van der Waals surface area (Å²) in [5.41, 5.74) is 6.08. The molecule has 8 rings (SSSR count). The predicted molar refractivity (Wildman–Crippen MR) is 210 cm³/mol. The van der Waals surface area contributed by atoms with Crippen molar-refractivity contribution in [1.82, 2.24) is 9.97 Å². The number of aliphatic imine (C=N–C) groups is 2. The Morgan fingerprint density at radius 2 is 0.792 bits per heavy atom. The topological polar surface area (TPSA) is 50.5 Å². The maximum atomic E-state index is 5.03. The second kappa shape index (κ2) is 10.8. The van der Waals surface area contributed by atoms with Gasteiger partial charge in [0.05, 0.1) is 22.5 Å². The van der Waals surface area contributed by atoms with Crippen LogP contribution in [0.2, 0.25) is 0 Å². The minimum absolute atomic E-state index is 0.0460. The number of hydrogen-bond donors (Lipinski definition) is 0. The molecule has 0 atom stereocenters. The number of hydrogen-bond acceptors (Lipinski definition) is 6. The van der Waals surface area contributed by atoms with Crippen molar-refractivity contribution in [3.8, 4) is 22.5 Å². The van der Waals surface area contributed by atoms with Gasteiger partial charge in [-0.15, -0.1) is 0 Å². The molecule has 0 saturated heterocycles. The van der Waals surface area contributed by atoms with Gasteiger partial charge in [0.1, 0.15) is 10.1 Å². The van der Waals surface area contributed by atoms with Gasteiger partial charge in [-0.05, 0) is 124 Å². The van der Waals surface area contributed by atoms with E-state index in [2.05, 4.69) is 140 Å². The van der Waals surface area contributed by atoms with Crippen LogP contribution in [0.15, 0.2) is 107 Å². The SMILES string of the molecule is CC1(C)N=C(c2ccc(-c3ccc4c5ccc(-c6ccc(C7=NC(C)(C)C(C)(C)S7)cn6)cc5c5ccccc5c4c3)nc2)SC1(C)C. The number of fused-ring (bicyclic) bond motifs is 6. The smallest absolute Gasteiger partial charge is 0.101 e. The van der Waals surface area contributed by atoms with Crippen LogP contribution in [-0.2, 0) is 0 Å². The molecule has 0 unspecified atom stereocenters. The molecule has 48 heavy (non-hydrogen) atoms. The molecule has 2 aliphatic rings. The highest BCUT2D eigenvalue weighted by Gasteiger charge is 2.45. The van der Waals surface area contributed by atoms with Crippen LogP contribution in [0.4, 0.5) is 0 Å². The average Bonchev–Trinajstić information content (AvgIpc) is 3.43. The lowest BCUT2D eigenvalue weighted by atomic mass is 9.90. The third-order valence-corrected chi connectivity index (χ3v) is 13.9. The molecule has 4 nitrogen and oxygen atoms in total. The third kappa shape index (κ3) is 4.99. The van der Waals surface area contributed by atoms with Gasteiger partial charge in [-0.25, -0.2) is 0 Å². The second-order valence-corrected chi connectivity index (χ2v) is 18.3. The first kappa shape index (κ1) is 31.3. The molecule has 0 N–H and O–H groups in total. The summed E-state index contributed by atoms with van der Waals surface area (Å²) in [6.07, 6.45) is 3.95. The van der Waals surface area contributed by atoms with Gasteiger partial charge in [0.2, 0.25) is 0 Å². The van der Waals surface area contributed by atoms with Crippen LogP contribution in [0.5, 0.6) is 0 Å². The number of thioether (sulfide) groups is 2. The summed E-state index contributed by atoms with van der Waals surface area (Å²) in [6, 6.07) is 30.8. The number of aromatic nitrogens is 2. The van der Waals surface area contributed by atoms with Crippen LogP contribution in [0.25, 0.3) is 54.8 Å². The molecule has 2 aromatic heterocycles. The van der Waals surface area contributed by atoms with E-state index in [0.29, 0.717) is 0 Å². The third-order valence-electron chi connectivity index (χ3n) is 10.9. The molecular formula is C42H40N4S2. The predicted octanol–water partition coefficient (Wildman–Crippen LogP) is 11.4. The summed E-state index contributed by atoms with van der Waals surface area (Å²) < 4.78 is 0.0920. The Kier molecular flexibility index (Phi) is 7.01. The second-order valence-electron chi connectivity index (χ2n) is 15.1. The van der Waals surface area contributed by atoms with E-state index in [1.165, 1.54) is 32.3 Å². The van der Waals surface area contributed by atoms with Gasteiger partial charge in [-0.3, -0.25) is 20.0 Å². The van der Waals surface area contributed by atoms with E-state index in [4.69, 9.17) is 20.0 Å². The highest BCUT2D eigenvalue weighted by atomic mass is 32.2. The first-order valence-electron chi connectivity index (χ1n) is 16.6. The van der Waals surface area contributed by atoms with E-state index in [9.17, 15) is 0 Å². The van der Waals surface area contributed by atoms with Gasteiger partial charge in [-0.2, -0.15) is 0 Å². The molecule has 0 radical (unpaired) electrons. The summed E-state index contributed by atoms with van der Waals surface area (Å²) in [5.74, 6) is 0. The minimum atomic E-state index is -0.116. The molecule has 4 aromatic carbocycles. The number of rotatable bonds is 4. The van der Waals surface area contributed by atoms with Gasteiger partial charge >= 0.3 is 0 Å². The number of benzene rings is 4. The zero-order chi connectivity index (χ0) is 33.6. The average molecular weight is 665 g/mol. The molecule has 4 heterocycles. The van der Waals surface area contributed by atoms with Crippen LogP contribution >= 0.6 is 23.5 Å². The van der Waals surface area contributed by atoms with E-state index < -0.39 is 0 Å². The highest BCUT2D eigenvalue weighted by Crippen LogP contribution is 2.47. The molecular weight excluding hydrogens is 625 g/mol. The Morgan fingerprint density at radius 1 is 0.417 bits per heavy atom. The van der Waals surface area contributed by atoms with E-state index in [1.54, 1.807) is 0 Å². The lowest BCUT2D eigenvalue weighted by Crippen LogP contribution is -2.36. The van der Waals surface area contributed by atoms with Crippen molar-refractivity contribution in [3.63, 3.8) is 0 Å². The van der Waals surface area contributed by atoms with Crippen molar-refractivity contribution < 1.29 is 0 Å². The Bertz CT molecular complexity index is 2140. The van der Waals surface area contributed by atoms with Crippen molar-refractivity contribution in [3.05, 3.63) is 108 Å². The summed E-state index contributed by atoms with van der Waals surface area (Å²) in [4.78, 5) is 19.9. The summed E-state index contributed by atoms with van der Waals surface area (Å²) in [7, 11) is 0. The highest BCUT2D eigenvalue weighted by molar-refractivity contribution is 8.16. The van der Waals surface area contributed by atoms with Crippen LogP contribution in [0.1, 0.15) is 66.5 Å². The van der Waals surface area contributed by atoms with Crippen molar-refractivity contribution >= 4 is 65.9 Å². The molecule has 0 fully saturated rings. The van der Waals surface area contributed by atoms with E-state index in [-0.39, 0.29) is 20.6 Å². The zero-order valence-electron chi connectivity index (χ0n) is 28.8. The Morgan fingerprint density at radius 3 is 1.12 bits per heavy atom. The van der Waals surface area contributed by atoms with E-state index in [0.717, 1.165) is 43.7 Å². The van der Waals surface area contributed by atoms with Gasteiger partial charge in [0, 0.05) is 44.1 Å². The molecule has 0 saturated carbocycles. The molecule has 0 bridgehead atoms. The Balaban J connectivity index is 1.16. The van der Waals surface area contributed by atoms with Gasteiger partial charge in [0.25, 0.3) is 0 Å². The van der Waals surface area contributed by atoms with Crippen LogP contribution in [0, 0.1) is 0 Å². The fraction of sp³-hybridized carbons (Fsp3) is 0.286. The molecule has 6 aromatic rings. The van der Waals surface area contributed by atoms with Gasteiger partial charge in [0.15, 0.2) is 0 Å². The van der Waals surface area contributed by atoms with Gasteiger partial charge in [-0.1, -0.05) is 72.1 Å². The van der Waals surface area contributed by atoms with Crippen LogP contribution in [-0.4, -0.2) is 40.6 Å². The molecule has 6 heteroatoms. The van der Waals surface area contributed by atoms with Crippen LogP contribution < -0.4 is 0 Å². The maximum absolute atomic E-state index is 5.03. The largest absolute Gasteiger partial charge is 0.270 e. The number of pyridine rings is 2. The Labute approximate surface area is 291 Å². The normalized spacial score (nSPS) is 19.2. The molecule has 0 spiro atoms. The monoisotopic (exact) mass is 664 g/mol. The quantitative estimate of drug-likeness (QED) is 0.176. The fourth-order valence-electron chi connectivity index (χ4n) is 6.46. The first-order valence-corrected chi connectivity index (χ1v) is 18.3. The van der Waals surface area contributed by atoms with Crippen LogP contribution in [0.3, 0.4) is 0 Å². The molecule has 2 aliphatic heterocycles. The zero-order valence-corrected chi connectivity index (χ0v) is 30.5. The van der Waals surface area contributed by atoms with E-state index in [1.807, 2.05) is 35.9 Å². The van der Waals surface area contributed by atoms with Gasteiger partial charge < -0.3 is 0 Å². The molecule has 0 aliphatic carbocycles. The summed E-state index contributed by atoms with van der Waals surface area (Å²) in [5, 5.41) is 9.56. The minimum Gasteiger partial charge on any atom is -0.270 e. The number of nitrogens with zero attached hydrogens (tertiary/aromatic N) is 4. The lowest BCUT2D eigenvalue weighted by Gasteiger charge is -2.30. The Hall–Kier alpha value is -4.00. The molecule has 240 valence electrons. The van der Waals surface area contributed by atoms with Crippen molar-refractivity contribution in [2.24, 2.45) is 9.98 Å². The lowest BCUT2D eigenvalue weighted by molar-refractivity contribution is 0.426. The first-order chi connectivity index (χ1) is 22.7.